The van der Waals surface area contributed by atoms with Crippen LogP contribution in [0.15, 0.2) is 89.9 Å². The number of carbonyl (C=O) groups excluding carboxylic acids is 6. The Balaban J connectivity index is 1.21. The van der Waals surface area contributed by atoms with Crippen LogP contribution in [0.1, 0.15) is 51.1 Å². The van der Waals surface area contributed by atoms with Crippen LogP contribution in [-0.2, 0) is 32.3 Å². The minimum atomic E-state index is -1.10. The van der Waals surface area contributed by atoms with Gasteiger partial charge in [0.1, 0.15) is 19.3 Å². The number of ether oxygens (including phenoxy) is 2. The van der Waals surface area contributed by atoms with E-state index in [0.717, 1.165) is 20.9 Å². The second-order valence-corrected chi connectivity index (χ2v) is 11.5. The second kappa shape index (κ2) is 15.7. The van der Waals surface area contributed by atoms with Crippen molar-refractivity contribution in [2.24, 2.45) is 10.7 Å². The van der Waals surface area contributed by atoms with Gasteiger partial charge in [-0.15, -0.1) is 4.99 Å². The summed E-state index contributed by atoms with van der Waals surface area (Å²) < 4.78 is 10.6. The lowest BCUT2D eigenvalue weighted by atomic mass is 10.1. The molecule has 3 N–H and O–H groups in total. The van der Waals surface area contributed by atoms with Crippen molar-refractivity contribution < 1.29 is 38.2 Å². The highest BCUT2D eigenvalue weighted by Crippen LogP contribution is 2.24. The molecule has 14 heteroatoms. The maximum absolute atomic E-state index is 13.3. The van der Waals surface area contributed by atoms with Gasteiger partial charge in [0.2, 0.25) is 17.8 Å². The summed E-state index contributed by atoms with van der Waals surface area (Å²) in [4.78, 5) is 84.8. The van der Waals surface area contributed by atoms with E-state index >= 15 is 0 Å². The Labute approximate surface area is 282 Å². The van der Waals surface area contributed by atoms with Crippen LogP contribution in [0.2, 0.25) is 0 Å². The maximum atomic E-state index is 13.3. The zero-order chi connectivity index (χ0) is 34.9. The van der Waals surface area contributed by atoms with E-state index in [0.29, 0.717) is 0 Å². The van der Waals surface area contributed by atoms with E-state index in [1.54, 1.807) is 72.8 Å². The molecule has 3 aromatic rings. The van der Waals surface area contributed by atoms with Gasteiger partial charge < -0.3 is 25.4 Å². The average molecular weight is 669 g/mol. The van der Waals surface area contributed by atoms with Gasteiger partial charge in [0.05, 0.1) is 17.7 Å². The molecule has 6 amide bonds. The van der Waals surface area contributed by atoms with Crippen molar-refractivity contribution in [3.8, 4) is 0 Å². The van der Waals surface area contributed by atoms with Crippen LogP contribution >= 0.6 is 0 Å². The Morgan fingerprint density at radius 2 is 1.41 bits per heavy atom. The summed E-state index contributed by atoms with van der Waals surface area (Å²) in [5.74, 6) is -2.41. The number of hydrogen-bond donors (Lipinski definition) is 2. The van der Waals surface area contributed by atoms with Crippen molar-refractivity contribution >= 4 is 41.8 Å². The number of aliphatic imine (C=N–C) groups is 1. The van der Waals surface area contributed by atoms with Gasteiger partial charge >= 0.3 is 12.2 Å². The Morgan fingerprint density at radius 3 is 2.00 bits per heavy atom. The molecule has 2 heterocycles. The molecule has 0 aromatic heterocycles. The fraction of sp³-hybridized carbons (Fsp3) is 0.286. The topological polar surface area (TPSA) is 181 Å². The standard InChI is InChI=1S/C35H36N6O8/c1-39-28(20-41-31(44)26-16-8-9-17-27(26)32(41)45)30(43)37-25(19-29(39)42)15-10-18-40(35(47)49-22-24-13-6-3-7-14-24)33(36)38-34(46)48-21-23-11-4-2-5-12-23/h2-9,11-14,16-17,25,28H,10,15,18-22H2,1H3,(H,37,43)(H2,36,38,46)/t25-,28?/m0/s1. The first kappa shape index (κ1) is 34.3. The van der Waals surface area contributed by atoms with E-state index < -0.39 is 48.0 Å². The predicted octanol–water partition coefficient (Wildman–Crippen LogP) is 3.07. The quantitative estimate of drug-likeness (QED) is 0.186. The van der Waals surface area contributed by atoms with Crippen LogP contribution in [-0.4, -0.2) is 88.7 Å². The van der Waals surface area contributed by atoms with Gasteiger partial charge in [-0.25, -0.2) is 14.5 Å². The predicted molar refractivity (Wildman–Crippen MR) is 176 cm³/mol. The maximum Gasteiger partial charge on any atom is 0.437 e. The number of guanidine groups is 1. The van der Waals surface area contributed by atoms with Crippen molar-refractivity contribution in [3.05, 3.63) is 107 Å². The van der Waals surface area contributed by atoms with Gasteiger partial charge in [0, 0.05) is 26.1 Å². The molecule has 2 atom stereocenters. The zero-order valence-electron chi connectivity index (χ0n) is 26.8. The molecule has 1 saturated heterocycles. The van der Waals surface area contributed by atoms with Crippen LogP contribution < -0.4 is 11.1 Å². The third-order valence-corrected chi connectivity index (χ3v) is 8.21. The lowest BCUT2D eigenvalue weighted by molar-refractivity contribution is -0.136. The van der Waals surface area contributed by atoms with Crippen LogP contribution in [0, 0.1) is 0 Å². The number of likely N-dealkylation sites (N-methyl/N-ethyl adjacent to an activating group) is 1. The molecule has 2 aliphatic heterocycles. The van der Waals surface area contributed by atoms with Crippen molar-refractivity contribution in [1.82, 2.24) is 20.0 Å². The van der Waals surface area contributed by atoms with Crippen molar-refractivity contribution in [2.75, 3.05) is 20.1 Å². The molecule has 2 aliphatic rings. The molecule has 49 heavy (non-hydrogen) atoms. The molecule has 14 nitrogen and oxygen atoms in total. The van der Waals surface area contributed by atoms with Crippen molar-refractivity contribution in [1.29, 1.82) is 0 Å². The van der Waals surface area contributed by atoms with Crippen molar-refractivity contribution in [2.45, 2.75) is 44.6 Å². The van der Waals surface area contributed by atoms with Crippen molar-refractivity contribution in [3.63, 3.8) is 0 Å². The van der Waals surface area contributed by atoms with Gasteiger partial charge in [-0.2, -0.15) is 0 Å². The Morgan fingerprint density at radius 1 is 0.857 bits per heavy atom. The highest BCUT2D eigenvalue weighted by Gasteiger charge is 2.41. The third-order valence-electron chi connectivity index (χ3n) is 8.21. The normalized spacial score (nSPS) is 17.7. The first-order valence-corrected chi connectivity index (χ1v) is 15.7. The number of benzene rings is 3. The van der Waals surface area contributed by atoms with Gasteiger partial charge in [0.15, 0.2) is 0 Å². The molecule has 5 rings (SSSR count). The SMILES string of the molecule is CN1C(=O)C[C@H](CCCN(C(=O)OCc2ccccc2)/C(N)=N/C(=O)OCc2ccccc2)NC(=O)C1CN1C(=O)c2ccccc2C1=O. The number of nitrogens with two attached hydrogens (primary N) is 1. The fourth-order valence-electron chi connectivity index (χ4n) is 5.51. The Kier molecular flexibility index (Phi) is 11.0. The van der Waals surface area contributed by atoms with E-state index in [9.17, 15) is 28.8 Å². The minimum absolute atomic E-state index is 0.0488. The van der Waals surface area contributed by atoms with Crippen LogP contribution in [0.4, 0.5) is 9.59 Å². The van der Waals surface area contributed by atoms with E-state index in [2.05, 4.69) is 10.3 Å². The number of nitrogens with zero attached hydrogens (tertiary/aromatic N) is 4. The lowest BCUT2D eigenvalue weighted by Crippen LogP contribution is -2.52. The zero-order valence-corrected chi connectivity index (χ0v) is 26.8. The minimum Gasteiger partial charge on any atom is -0.444 e. The third kappa shape index (κ3) is 8.46. The summed E-state index contributed by atoms with van der Waals surface area (Å²) in [7, 11) is 1.45. The molecular formula is C35H36N6O8. The highest BCUT2D eigenvalue weighted by atomic mass is 16.6. The van der Waals surface area contributed by atoms with Gasteiger partial charge in [-0.1, -0.05) is 72.8 Å². The summed E-state index contributed by atoms with van der Waals surface area (Å²) in [6, 6.07) is 22.6. The fourth-order valence-corrected chi connectivity index (χ4v) is 5.51. The van der Waals surface area contributed by atoms with E-state index in [1.807, 2.05) is 12.1 Å². The van der Waals surface area contributed by atoms with Gasteiger partial charge in [0.25, 0.3) is 11.8 Å². The molecule has 0 saturated carbocycles. The monoisotopic (exact) mass is 668 g/mol. The lowest BCUT2D eigenvalue weighted by Gasteiger charge is -2.27. The molecule has 0 spiro atoms. The number of nitrogens with one attached hydrogen (secondary N) is 1. The van der Waals surface area contributed by atoms with Gasteiger partial charge in [-0.3, -0.25) is 24.1 Å². The number of fused-ring (bicyclic) bond motifs is 1. The first-order valence-electron chi connectivity index (χ1n) is 15.7. The largest absolute Gasteiger partial charge is 0.444 e. The van der Waals surface area contributed by atoms with Crippen LogP contribution in [0.5, 0.6) is 0 Å². The molecule has 3 aromatic carbocycles. The second-order valence-electron chi connectivity index (χ2n) is 11.5. The number of hydrogen-bond acceptors (Lipinski definition) is 8. The summed E-state index contributed by atoms with van der Waals surface area (Å²) >= 11 is 0. The van der Waals surface area contributed by atoms with E-state index in [-0.39, 0.29) is 62.6 Å². The summed E-state index contributed by atoms with van der Waals surface area (Å²) in [5.41, 5.74) is 8.05. The molecule has 254 valence electrons. The number of rotatable bonds is 10. The molecule has 1 fully saturated rings. The first-order chi connectivity index (χ1) is 23.6. The summed E-state index contributed by atoms with van der Waals surface area (Å²) in [5, 5.41) is 2.84. The van der Waals surface area contributed by atoms with Gasteiger partial charge in [-0.05, 0) is 36.1 Å². The Hall–Kier alpha value is -6.05. The molecule has 0 radical (unpaired) electrons. The Bertz CT molecular complexity index is 1710. The number of amides is 6. The summed E-state index contributed by atoms with van der Waals surface area (Å²) in [6.07, 6.45) is -1.46. The van der Waals surface area contributed by atoms with Crippen LogP contribution in [0.3, 0.4) is 0 Å². The summed E-state index contributed by atoms with van der Waals surface area (Å²) in [6.45, 7) is -0.478. The molecule has 0 aliphatic carbocycles. The molecule has 1 unspecified atom stereocenters. The van der Waals surface area contributed by atoms with E-state index in [4.69, 9.17) is 15.2 Å². The smallest absolute Gasteiger partial charge is 0.437 e. The van der Waals surface area contributed by atoms with E-state index in [1.165, 1.54) is 11.9 Å². The number of imide groups is 1. The average Bonchev–Trinajstić information content (AvgIpc) is 3.29. The highest BCUT2D eigenvalue weighted by molar-refractivity contribution is 6.21. The van der Waals surface area contributed by atoms with Crippen LogP contribution in [0.25, 0.3) is 0 Å². The molecule has 0 bridgehead atoms. The number of carbonyl (C=O) groups is 6. The molecular weight excluding hydrogens is 632 g/mol.